The van der Waals surface area contributed by atoms with E-state index in [0.717, 1.165) is 29.0 Å². The number of para-hydroxylation sites is 1. The number of carbonyl (C=O) groups is 1. The van der Waals surface area contributed by atoms with Gasteiger partial charge >= 0.3 is 0 Å². The summed E-state index contributed by atoms with van der Waals surface area (Å²) in [6.45, 7) is 2.60. The van der Waals surface area contributed by atoms with Gasteiger partial charge in [0.1, 0.15) is 11.6 Å². The molecule has 1 aromatic heterocycles. The highest BCUT2D eigenvalue weighted by Crippen LogP contribution is 2.18. The molecule has 0 saturated heterocycles. The number of amides is 1. The molecule has 3 rings (SSSR count). The minimum atomic E-state index is -0.212. The Bertz CT molecular complexity index is 916. The second kappa shape index (κ2) is 9.08. The summed E-state index contributed by atoms with van der Waals surface area (Å²) in [6.07, 6.45) is 2.54. The Kier molecular flexibility index (Phi) is 6.32. The van der Waals surface area contributed by atoms with Crippen LogP contribution < -0.4 is 15.0 Å². The first kappa shape index (κ1) is 19.5. The maximum Gasteiger partial charge on any atom is 0.263 e. The molecule has 1 amide bonds. The Hall–Kier alpha value is -3.28. The van der Waals surface area contributed by atoms with Gasteiger partial charge in [-0.05, 0) is 35.7 Å². The zero-order valence-corrected chi connectivity index (χ0v) is 16.6. The first-order chi connectivity index (χ1) is 13.6. The molecule has 0 fully saturated rings. The van der Waals surface area contributed by atoms with Crippen LogP contribution in [0.5, 0.6) is 5.75 Å². The van der Waals surface area contributed by atoms with Crippen LogP contribution in [-0.2, 0) is 17.8 Å². The molecule has 6 heteroatoms. The number of hydrogen-bond donors (Lipinski definition) is 1. The van der Waals surface area contributed by atoms with Gasteiger partial charge in [-0.15, -0.1) is 0 Å². The quantitative estimate of drug-likeness (QED) is 0.651. The van der Waals surface area contributed by atoms with Gasteiger partial charge in [0.2, 0.25) is 0 Å². The molecule has 2 aromatic carbocycles. The van der Waals surface area contributed by atoms with Crippen molar-refractivity contribution in [3.8, 4) is 5.75 Å². The predicted octanol–water partition coefficient (Wildman–Crippen LogP) is 3.58. The molecule has 0 spiro atoms. The summed E-state index contributed by atoms with van der Waals surface area (Å²) in [6, 6.07) is 17.8. The highest BCUT2D eigenvalue weighted by atomic mass is 16.5. The zero-order valence-electron chi connectivity index (χ0n) is 16.6. The third kappa shape index (κ3) is 4.91. The van der Waals surface area contributed by atoms with Crippen LogP contribution in [0.2, 0.25) is 0 Å². The van der Waals surface area contributed by atoms with Crippen molar-refractivity contribution in [1.29, 1.82) is 0 Å². The van der Waals surface area contributed by atoms with Gasteiger partial charge < -0.3 is 15.0 Å². The zero-order chi connectivity index (χ0) is 19.9. The molecule has 0 aliphatic rings. The van der Waals surface area contributed by atoms with Gasteiger partial charge in [0, 0.05) is 25.8 Å². The summed E-state index contributed by atoms with van der Waals surface area (Å²) >= 11 is 0. The average molecular weight is 378 g/mol. The number of aromatic nitrogens is 2. The molecule has 0 bridgehead atoms. The van der Waals surface area contributed by atoms with Crippen molar-refractivity contribution in [3.05, 3.63) is 71.9 Å². The van der Waals surface area contributed by atoms with Gasteiger partial charge in [0.05, 0.1) is 12.7 Å². The number of carbonyl (C=O) groups excluding carboxylic acids is 1. The van der Waals surface area contributed by atoms with E-state index >= 15 is 0 Å². The molecule has 0 atom stereocenters. The molecule has 0 saturated carbocycles. The topological polar surface area (TPSA) is 59.4 Å². The van der Waals surface area contributed by atoms with Crippen molar-refractivity contribution in [3.63, 3.8) is 0 Å². The van der Waals surface area contributed by atoms with Crippen LogP contribution in [0.25, 0.3) is 0 Å². The van der Waals surface area contributed by atoms with E-state index < -0.39 is 0 Å². The lowest BCUT2D eigenvalue weighted by atomic mass is 10.1. The Morgan fingerprint density at radius 1 is 1.11 bits per heavy atom. The average Bonchev–Trinajstić information content (AvgIpc) is 3.13. The smallest absolute Gasteiger partial charge is 0.263 e. The van der Waals surface area contributed by atoms with Crippen molar-refractivity contribution in [2.24, 2.45) is 0 Å². The first-order valence-electron chi connectivity index (χ1n) is 9.35. The van der Waals surface area contributed by atoms with Crippen molar-refractivity contribution in [2.75, 3.05) is 30.9 Å². The summed E-state index contributed by atoms with van der Waals surface area (Å²) in [5.74, 6) is 1.18. The van der Waals surface area contributed by atoms with Gasteiger partial charge in [-0.25, -0.2) is 4.68 Å². The minimum absolute atomic E-state index is 0.0419. The van der Waals surface area contributed by atoms with Crippen LogP contribution in [0.3, 0.4) is 0 Å². The number of nitrogens with zero attached hydrogens (tertiary/aromatic N) is 3. The monoisotopic (exact) mass is 378 g/mol. The van der Waals surface area contributed by atoms with E-state index in [0.29, 0.717) is 12.4 Å². The molecule has 146 valence electrons. The highest BCUT2D eigenvalue weighted by molar-refractivity contribution is 5.91. The predicted molar refractivity (Wildman–Crippen MR) is 112 cm³/mol. The lowest BCUT2D eigenvalue weighted by Crippen LogP contribution is -2.22. The summed E-state index contributed by atoms with van der Waals surface area (Å²) < 4.78 is 7.45. The summed E-state index contributed by atoms with van der Waals surface area (Å²) in [5.41, 5.74) is 3.33. The number of ether oxygens (including phenoxy) is 1. The van der Waals surface area contributed by atoms with E-state index in [9.17, 15) is 4.79 Å². The first-order valence-corrected chi connectivity index (χ1v) is 9.35. The van der Waals surface area contributed by atoms with E-state index in [2.05, 4.69) is 46.5 Å². The summed E-state index contributed by atoms with van der Waals surface area (Å²) in [4.78, 5) is 14.4. The number of hydrogen-bond acceptors (Lipinski definition) is 4. The molecule has 0 radical (unpaired) electrons. The van der Waals surface area contributed by atoms with Gasteiger partial charge in [-0.3, -0.25) is 4.79 Å². The Balaban J connectivity index is 1.59. The second-order valence-corrected chi connectivity index (χ2v) is 6.73. The third-order valence-electron chi connectivity index (χ3n) is 4.48. The van der Waals surface area contributed by atoms with Crippen molar-refractivity contribution in [2.45, 2.75) is 19.9 Å². The molecule has 0 aliphatic heterocycles. The maximum atomic E-state index is 12.3. The Morgan fingerprint density at radius 2 is 1.86 bits per heavy atom. The fraction of sp³-hybridized carbons (Fsp3) is 0.273. The minimum Gasteiger partial charge on any atom is -0.483 e. The van der Waals surface area contributed by atoms with Crippen molar-refractivity contribution < 1.29 is 9.53 Å². The van der Waals surface area contributed by atoms with Gasteiger partial charge in [-0.1, -0.05) is 37.3 Å². The summed E-state index contributed by atoms with van der Waals surface area (Å²) in [5, 5.41) is 7.19. The molecular formula is C22H26N4O2. The van der Waals surface area contributed by atoms with E-state index in [-0.39, 0.29) is 12.5 Å². The number of rotatable bonds is 8. The Morgan fingerprint density at radius 3 is 2.57 bits per heavy atom. The van der Waals surface area contributed by atoms with Crippen LogP contribution in [0.1, 0.15) is 18.1 Å². The molecule has 28 heavy (non-hydrogen) atoms. The SMILES string of the molecule is CCc1ccccc1OCC(=O)Nc1ccnn1Cc1ccc(N(C)C)cc1. The van der Waals surface area contributed by atoms with Crippen molar-refractivity contribution >= 4 is 17.4 Å². The number of aryl methyl sites for hydroxylation is 1. The lowest BCUT2D eigenvalue weighted by Gasteiger charge is -2.14. The number of anilines is 2. The van der Waals surface area contributed by atoms with Crippen molar-refractivity contribution in [1.82, 2.24) is 9.78 Å². The van der Waals surface area contributed by atoms with Gasteiger partial charge in [-0.2, -0.15) is 5.10 Å². The van der Waals surface area contributed by atoms with E-state index in [4.69, 9.17) is 4.74 Å². The molecule has 0 aliphatic carbocycles. The molecule has 3 aromatic rings. The van der Waals surface area contributed by atoms with E-state index in [1.54, 1.807) is 16.9 Å². The fourth-order valence-electron chi connectivity index (χ4n) is 2.90. The van der Waals surface area contributed by atoms with E-state index in [1.165, 1.54) is 0 Å². The second-order valence-electron chi connectivity index (χ2n) is 6.73. The number of benzene rings is 2. The summed E-state index contributed by atoms with van der Waals surface area (Å²) in [7, 11) is 4.02. The lowest BCUT2D eigenvalue weighted by molar-refractivity contribution is -0.118. The third-order valence-corrected chi connectivity index (χ3v) is 4.48. The molecule has 1 N–H and O–H groups in total. The number of nitrogens with one attached hydrogen (secondary N) is 1. The maximum absolute atomic E-state index is 12.3. The van der Waals surface area contributed by atoms with Crippen LogP contribution >= 0.6 is 0 Å². The molecular weight excluding hydrogens is 352 g/mol. The normalized spacial score (nSPS) is 10.5. The largest absolute Gasteiger partial charge is 0.483 e. The Labute approximate surface area is 165 Å². The van der Waals surface area contributed by atoms with Crippen LogP contribution in [0.15, 0.2) is 60.8 Å². The van der Waals surface area contributed by atoms with Crippen LogP contribution in [0.4, 0.5) is 11.5 Å². The van der Waals surface area contributed by atoms with E-state index in [1.807, 2.05) is 38.4 Å². The van der Waals surface area contributed by atoms with Crippen LogP contribution in [0, 0.1) is 0 Å². The fourth-order valence-corrected chi connectivity index (χ4v) is 2.90. The highest BCUT2D eigenvalue weighted by Gasteiger charge is 2.10. The van der Waals surface area contributed by atoms with Crippen LogP contribution in [-0.4, -0.2) is 36.4 Å². The standard InChI is InChI=1S/C22H26N4O2/c1-4-18-7-5-6-8-20(18)28-16-22(27)24-21-13-14-23-26(21)15-17-9-11-19(12-10-17)25(2)3/h5-14H,4,15-16H2,1-3H3,(H,24,27). The molecule has 1 heterocycles. The van der Waals surface area contributed by atoms with Gasteiger partial charge in [0.25, 0.3) is 5.91 Å². The molecule has 0 unspecified atom stereocenters. The van der Waals surface area contributed by atoms with Gasteiger partial charge in [0.15, 0.2) is 6.61 Å². The molecule has 6 nitrogen and oxygen atoms in total.